The van der Waals surface area contributed by atoms with Crippen molar-refractivity contribution in [3.8, 4) is 0 Å². The number of likely N-dealkylation sites (tertiary alicyclic amines) is 1. The van der Waals surface area contributed by atoms with E-state index >= 15 is 0 Å². The van der Waals surface area contributed by atoms with Crippen LogP contribution in [-0.4, -0.2) is 30.6 Å². The average Bonchev–Trinajstić information content (AvgIpc) is 2.88. The van der Waals surface area contributed by atoms with Gasteiger partial charge in [-0.15, -0.1) is 0 Å². The van der Waals surface area contributed by atoms with Crippen LogP contribution >= 0.6 is 0 Å². The lowest BCUT2D eigenvalue weighted by molar-refractivity contribution is 0.194. The Morgan fingerprint density at radius 3 is 2.25 bits per heavy atom. The first-order chi connectivity index (χ1) is 7.65. The molecule has 0 radical (unpaired) electrons. The van der Waals surface area contributed by atoms with Crippen molar-refractivity contribution < 1.29 is 0 Å². The highest BCUT2D eigenvalue weighted by Gasteiger charge is 2.46. The summed E-state index contributed by atoms with van der Waals surface area (Å²) in [5.41, 5.74) is 6.38. The maximum absolute atomic E-state index is 6.38. The molecule has 3 aliphatic rings. The van der Waals surface area contributed by atoms with Gasteiger partial charge in [0.2, 0.25) is 0 Å². The fourth-order valence-electron chi connectivity index (χ4n) is 4.42. The Balaban J connectivity index is 1.59. The first kappa shape index (κ1) is 11.0. The highest BCUT2D eigenvalue weighted by atomic mass is 15.2. The van der Waals surface area contributed by atoms with Gasteiger partial charge in [0, 0.05) is 25.7 Å². The standard InChI is InChI=1S/C14H26N2/c1-9-6-16(7-10(9)2)8-13-11-3-4-12(5-11)14(13)15/h9-14H,3-8,15H2,1-2H3. The molecule has 1 heterocycles. The number of nitrogens with zero attached hydrogens (tertiary/aromatic N) is 1. The highest BCUT2D eigenvalue weighted by Crippen LogP contribution is 2.48. The SMILES string of the molecule is CC1CN(CC2C3CCC(C3)C2N)CC1C. The van der Waals surface area contributed by atoms with Gasteiger partial charge >= 0.3 is 0 Å². The minimum absolute atomic E-state index is 0.518. The van der Waals surface area contributed by atoms with E-state index in [-0.39, 0.29) is 0 Å². The van der Waals surface area contributed by atoms with Crippen LogP contribution in [0.5, 0.6) is 0 Å². The summed E-state index contributed by atoms with van der Waals surface area (Å²) in [5.74, 6) is 4.42. The molecule has 0 aromatic rings. The third kappa shape index (κ3) is 1.70. The predicted molar refractivity (Wildman–Crippen MR) is 67.1 cm³/mol. The summed E-state index contributed by atoms with van der Waals surface area (Å²) in [6.07, 6.45) is 4.31. The van der Waals surface area contributed by atoms with Gasteiger partial charge in [0.15, 0.2) is 0 Å². The van der Waals surface area contributed by atoms with E-state index in [2.05, 4.69) is 18.7 Å². The third-order valence-electron chi connectivity index (χ3n) is 5.69. The van der Waals surface area contributed by atoms with E-state index in [1.165, 1.54) is 38.9 Å². The normalized spacial score (nSPS) is 52.7. The van der Waals surface area contributed by atoms with Crippen molar-refractivity contribution in [2.75, 3.05) is 19.6 Å². The second kappa shape index (κ2) is 3.99. The van der Waals surface area contributed by atoms with Crippen LogP contribution in [0.3, 0.4) is 0 Å². The Labute approximate surface area is 99.6 Å². The molecular weight excluding hydrogens is 196 g/mol. The van der Waals surface area contributed by atoms with Crippen LogP contribution in [0.25, 0.3) is 0 Å². The molecule has 0 amide bonds. The Hall–Kier alpha value is -0.0800. The smallest absolute Gasteiger partial charge is 0.0111 e. The van der Waals surface area contributed by atoms with E-state index in [1.54, 1.807) is 0 Å². The van der Waals surface area contributed by atoms with Gasteiger partial charge in [-0.2, -0.15) is 0 Å². The number of hydrogen-bond donors (Lipinski definition) is 1. The molecule has 0 spiro atoms. The Bertz CT molecular complexity index is 253. The average molecular weight is 222 g/mol. The zero-order valence-corrected chi connectivity index (χ0v) is 10.7. The molecule has 2 saturated carbocycles. The quantitative estimate of drug-likeness (QED) is 0.774. The van der Waals surface area contributed by atoms with Crippen molar-refractivity contribution in [3.63, 3.8) is 0 Å². The first-order valence-electron chi connectivity index (χ1n) is 7.13. The molecule has 0 aromatic carbocycles. The van der Waals surface area contributed by atoms with Gasteiger partial charge in [-0.3, -0.25) is 0 Å². The Morgan fingerprint density at radius 2 is 1.69 bits per heavy atom. The monoisotopic (exact) mass is 222 g/mol. The summed E-state index contributed by atoms with van der Waals surface area (Å²) in [5, 5.41) is 0. The lowest BCUT2D eigenvalue weighted by Gasteiger charge is -2.31. The van der Waals surface area contributed by atoms with Gasteiger partial charge in [0.1, 0.15) is 0 Å². The van der Waals surface area contributed by atoms with Crippen LogP contribution in [0.15, 0.2) is 0 Å². The minimum Gasteiger partial charge on any atom is -0.327 e. The molecule has 16 heavy (non-hydrogen) atoms. The molecule has 6 unspecified atom stereocenters. The van der Waals surface area contributed by atoms with Crippen LogP contribution in [0.4, 0.5) is 0 Å². The van der Waals surface area contributed by atoms with Gasteiger partial charge in [-0.1, -0.05) is 13.8 Å². The molecule has 2 bridgehead atoms. The van der Waals surface area contributed by atoms with E-state index in [4.69, 9.17) is 5.73 Å². The van der Waals surface area contributed by atoms with E-state index in [9.17, 15) is 0 Å². The molecule has 3 rings (SSSR count). The van der Waals surface area contributed by atoms with E-state index in [1.807, 2.05) is 0 Å². The minimum atomic E-state index is 0.518. The van der Waals surface area contributed by atoms with Crippen molar-refractivity contribution in [3.05, 3.63) is 0 Å². The molecule has 2 aliphatic carbocycles. The molecule has 1 aliphatic heterocycles. The van der Waals surface area contributed by atoms with Gasteiger partial charge in [-0.25, -0.2) is 0 Å². The van der Waals surface area contributed by atoms with Gasteiger partial charge in [0.05, 0.1) is 0 Å². The lowest BCUT2D eigenvalue weighted by Crippen LogP contribution is -2.42. The molecule has 2 nitrogen and oxygen atoms in total. The third-order valence-corrected chi connectivity index (χ3v) is 5.69. The second-order valence-corrected chi connectivity index (χ2v) is 6.75. The van der Waals surface area contributed by atoms with Gasteiger partial charge in [-0.05, 0) is 48.9 Å². The zero-order valence-electron chi connectivity index (χ0n) is 10.7. The summed E-state index contributed by atoms with van der Waals surface area (Å²) in [6, 6.07) is 0.518. The van der Waals surface area contributed by atoms with Crippen LogP contribution in [0.1, 0.15) is 33.1 Å². The second-order valence-electron chi connectivity index (χ2n) is 6.75. The lowest BCUT2D eigenvalue weighted by atomic mass is 9.84. The summed E-state index contributed by atoms with van der Waals surface area (Å²) in [7, 11) is 0. The summed E-state index contributed by atoms with van der Waals surface area (Å²) in [4.78, 5) is 2.68. The molecule has 6 atom stereocenters. The van der Waals surface area contributed by atoms with E-state index in [0.29, 0.717) is 6.04 Å². The van der Waals surface area contributed by atoms with Crippen molar-refractivity contribution in [2.24, 2.45) is 35.3 Å². The van der Waals surface area contributed by atoms with Crippen LogP contribution in [0, 0.1) is 29.6 Å². The molecule has 92 valence electrons. The number of nitrogens with two attached hydrogens (primary N) is 1. The Kier molecular flexibility index (Phi) is 2.75. The van der Waals surface area contributed by atoms with Crippen LogP contribution < -0.4 is 5.73 Å². The fraction of sp³-hybridized carbons (Fsp3) is 1.00. The molecule has 2 heteroatoms. The van der Waals surface area contributed by atoms with Crippen molar-refractivity contribution in [1.82, 2.24) is 4.90 Å². The van der Waals surface area contributed by atoms with Gasteiger partial charge in [0.25, 0.3) is 0 Å². The number of rotatable bonds is 2. The first-order valence-corrected chi connectivity index (χ1v) is 7.13. The predicted octanol–water partition coefficient (Wildman–Crippen LogP) is 1.95. The van der Waals surface area contributed by atoms with Crippen LogP contribution in [-0.2, 0) is 0 Å². The molecular formula is C14H26N2. The summed E-state index contributed by atoms with van der Waals surface area (Å²) in [6.45, 7) is 8.69. The Morgan fingerprint density at radius 1 is 1.06 bits per heavy atom. The van der Waals surface area contributed by atoms with Crippen LogP contribution in [0.2, 0.25) is 0 Å². The molecule has 2 N–H and O–H groups in total. The topological polar surface area (TPSA) is 29.3 Å². The number of fused-ring (bicyclic) bond motifs is 2. The maximum atomic E-state index is 6.38. The summed E-state index contributed by atoms with van der Waals surface area (Å²) >= 11 is 0. The molecule has 0 aromatic heterocycles. The van der Waals surface area contributed by atoms with Crippen molar-refractivity contribution in [2.45, 2.75) is 39.2 Å². The summed E-state index contributed by atoms with van der Waals surface area (Å²) < 4.78 is 0. The van der Waals surface area contributed by atoms with E-state index in [0.717, 1.165) is 29.6 Å². The highest BCUT2D eigenvalue weighted by molar-refractivity contribution is 5.00. The maximum Gasteiger partial charge on any atom is 0.0111 e. The number of hydrogen-bond acceptors (Lipinski definition) is 2. The largest absolute Gasteiger partial charge is 0.327 e. The molecule has 3 fully saturated rings. The van der Waals surface area contributed by atoms with Crippen molar-refractivity contribution >= 4 is 0 Å². The van der Waals surface area contributed by atoms with E-state index < -0.39 is 0 Å². The fourth-order valence-corrected chi connectivity index (χ4v) is 4.42. The van der Waals surface area contributed by atoms with Gasteiger partial charge < -0.3 is 10.6 Å². The molecule has 1 saturated heterocycles. The zero-order chi connectivity index (χ0) is 11.3. The van der Waals surface area contributed by atoms with Crippen molar-refractivity contribution in [1.29, 1.82) is 0 Å².